The summed E-state index contributed by atoms with van der Waals surface area (Å²) in [4.78, 5) is 54.0. The maximum Gasteiger partial charge on any atom is 0.431 e. The molecule has 0 aromatic carbocycles. The first-order valence-corrected chi connectivity index (χ1v) is 13.9. The van der Waals surface area contributed by atoms with Crippen LogP contribution in [-0.2, 0) is 38.2 Å². The number of amides is 2. The van der Waals surface area contributed by atoms with Crippen molar-refractivity contribution in [1.82, 2.24) is 10.8 Å². The molecular formula is C27H52N4O9. The number of nitrogens with one attached hydrogen (secondary N) is 2. The van der Waals surface area contributed by atoms with Crippen LogP contribution in [0.1, 0.15) is 80.1 Å². The molecule has 2 amide bonds. The zero-order chi connectivity index (χ0) is 30.6. The lowest BCUT2D eigenvalue weighted by Crippen LogP contribution is -2.38. The van der Waals surface area contributed by atoms with Gasteiger partial charge in [0.25, 0.3) is 0 Å². The third-order valence-corrected chi connectivity index (χ3v) is 5.12. The number of ether oxygens (including phenoxy) is 4. The van der Waals surface area contributed by atoms with Gasteiger partial charge in [0.2, 0.25) is 5.91 Å². The van der Waals surface area contributed by atoms with Crippen LogP contribution >= 0.6 is 0 Å². The summed E-state index contributed by atoms with van der Waals surface area (Å²) in [5.74, 6) is -1.71. The van der Waals surface area contributed by atoms with Gasteiger partial charge in [0, 0.05) is 25.3 Å². The van der Waals surface area contributed by atoms with Crippen molar-refractivity contribution in [3.05, 3.63) is 0 Å². The number of unbranched alkanes of at least 4 members (excludes halogenated alkanes) is 1. The van der Waals surface area contributed by atoms with Crippen LogP contribution in [0.25, 0.3) is 0 Å². The lowest BCUT2D eigenvalue weighted by atomic mass is 9.92. The molecule has 13 nitrogen and oxygen atoms in total. The van der Waals surface area contributed by atoms with Crippen LogP contribution in [0.15, 0.2) is 0 Å². The van der Waals surface area contributed by atoms with E-state index in [9.17, 15) is 19.2 Å². The number of rotatable bonds is 21. The highest BCUT2D eigenvalue weighted by Crippen LogP contribution is 2.17. The molecule has 0 heterocycles. The van der Waals surface area contributed by atoms with E-state index in [2.05, 4.69) is 10.8 Å². The molecule has 0 aliphatic carbocycles. The van der Waals surface area contributed by atoms with Crippen molar-refractivity contribution in [2.75, 3.05) is 46.1 Å². The van der Waals surface area contributed by atoms with Gasteiger partial charge in [-0.15, -0.1) is 0 Å². The Hall–Kier alpha value is -2.32. The van der Waals surface area contributed by atoms with E-state index in [1.165, 1.54) is 0 Å². The van der Waals surface area contributed by atoms with E-state index >= 15 is 0 Å². The quantitative estimate of drug-likeness (QED) is 0.0884. The molecule has 0 rings (SSSR count). The Bertz CT molecular complexity index is 751. The fraction of sp³-hybridized carbons (Fsp3) is 0.852. The summed E-state index contributed by atoms with van der Waals surface area (Å²) in [6, 6.07) is -0.676. The number of carbonyl (C=O) groups is 4. The van der Waals surface area contributed by atoms with E-state index in [4.69, 9.17) is 35.3 Å². The van der Waals surface area contributed by atoms with E-state index in [0.717, 1.165) is 12.8 Å². The van der Waals surface area contributed by atoms with Crippen LogP contribution in [0.4, 0.5) is 4.79 Å². The Kier molecular flexibility index (Phi) is 19.3. The van der Waals surface area contributed by atoms with Gasteiger partial charge in [0.1, 0.15) is 17.0 Å². The molecule has 0 fully saturated rings. The number of hydrogen-bond donors (Lipinski definition) is 4. The molecule has 13 heteroatoms. The second kappa shape index (κ2) is 20.5. The number of ketones is 1. The number of hydrogen-bond acceptors (Lipinski definition) is 11. The average molecular weight is 577 g/mol. The molecule has 0 saturated heterocycles. The molecular weight excluding hydrogens is 524 g/mol. The van der Waals surface area contributed by atoms with Crippen molar-refractivity contribution >= 4 is 23.8 Å². The maximum atomic E-state index is 12.8. The van der Waals surface area contributed by atoms with Gasteiger partial charge in [0.05, 0.1) is 39.1 Å². The molecule has 0 saturated carbocycles. The summed E-state index contributed by atoms with van der Waals surface area (Å²) in [7, 11) is 0. The van der Waals surface area contributed by atoms with Crippen molar-refractivity contribution in [2.45, 2.75) is 97.3 Å². The highest BCUT2D eigenvalue weighted by atomic mass is 16.7. The Labute approximate surface area is 238 Å². The van der Waals surface area contributed by atoms with Crippen molar-refractivity contribution in [2.24, 2.45) is 17.4 Å². The van der Waals surface area contributed by atoms with Crippen LogP contribution in [0.2, 0.25) is 0 Å². The van der Waals surface area contributed by atoms with Gasteiger partial charge < -0.3 is 35.7 Å². The summed E-state index contributed by atoms with van der Waals surface area (Å²) in [6.45, 7) is 12.5. The average Bonchev–Trinajstić information content (AvgIpc) is 2.82. The minimum absolute atomic E-state index is 0.00982. The van der Waals surface area contributed by atoms with Crippen molar-refractivity contribution in [3.8, 4) is 0 Å². The predicted molar refractivity (Wildman–Crippen MR) is 149 cm³/mol. The molecule has 0 aliphatic rings. The van der Waals surface area contributed by atoms with E-state index in [1.807, 2.05) is 0 Å². The maximum absolute atomic E-state index is 12.8. The largest absolute Gasteiger partial charge is 0.460 e. The molecule has 2 atom stereocenters. The molecule has 0 spiro atoms. The van der Waals surface area contributed by atoms with Gasteiger partial charge in [-0.3, -0.25) is 19.2 Å². The molecule has 40 heavy (non-hydrogen) atoms. The predicted octanol–water partition coefficient (Wildman–Crippen LogP) is 1.75. The molecule has 0 radical (unpaired) electrons. The number of nitrogens with two attached hydrogens (primary N) is 2. The smallest absolute Gasteiger partial charge is 0.431 e. The SMILES string of the molecule is CC(C)(C)OC(=O)CC[C@@H](CC(=O)[C@H](N)CCCCN)C(=O)NCCOCCOCCONC(=O)OC(C)(C)C. The van der Waals surface area contributed by atoms with E-state index < -0.39 is 35.2 Å². The van der Waals surface area contributed by atoms with Gasteiger partial charge >= 0.3 is 12.1 Å². The van der Waals surface area contributed by atoms with Crippen LogP contribution in [0.3, 0.4) is 0 Å². The van der Waals surface area contributed by atoms with Crippen molar-refractivity contribution in [1.29, 1.82) is 0 Å². The fourth-order valence-electron chi connectivity index (χ4n) is 3.30. The Balaban J connectivity index is 4.35. The Morgan fingerprint density at radius 2 is 1.40 bits per heavy atom. The minimum Gasteiger partial charge on any atom is -0.460 e. The summed E-state index contributed by atoms with van der Waals surface area (Å²) in [5.41, 5.74) is 12.4. The third-order valence-electron chi connectivity index (χ3n) is 5.12. The molecule has 0 bridgehead atoms. The standard InChI is InChI=1S/C27H52N4O9/c1-26(2,3)39-23(33)11-10-20(19-22(32)21(29)9-7-8-12-28)24(34)30-13-14-36-15-16-37-17-18-38-31-25(35)40-27(4,5)6/h20-21H,7-19,28-29H2,1-6H3,(H,30,34)(H,31,35)/t20-,21+/m0/s1. The third kappa shape index (κ3) is 22.5. The van der Waals surface area contributed by atoms with Crippen LogP contribution in [-0.4, -0.2) is 87.1 Å². The highest BCUT2D eigenvalue weighted by Gasteiger charge is 2.26. The monoisotopic (exact) mass is 576 g/mol. The summed E-state index contributed by atoms with van der Waals surface area (Å²) < 4.78 is 21.1. The summed E-state index contributed by atoms with van der Waals surface area (Å²) in [6.07, 6.45) is 1.44. The summed E-state index contributed by atoms with van der Waals surface area (Å²) in [5, 5.41) is 2.76. The van der Waals surface area contributed by atoms with E-state index in [1.54, 1.807) is 41.5 Å². The molecule has 0 aliphatic heterocycles. The topological polar surface area (TPSA) is 191 Å². The second-order valence-electron chi connectivity index (χ2n) is 11.4. The van der Waals surface area contributed by atoms with Gasteiger partial charge in [-0.1, -0.05) is 6.42 Å². The number of carbonyl (C=O) groups excluding carboxylic acids is 4. The number of esters is 1. The van der Waals surface area contributed by atoms with Crippen molar-refractivity contribution < 1.29 is 43.0 Å². The molecule has 234 valence electrons. The first-order valence-electron chi connectivity index (χ1n) is 13.9. The van der Waals surface area contributed by atoms with Gasteiger partial charge in [0.15, 0.2) is 0 Å². The number of Topliss-reactive ketones (excluding diaryl/α,β-unsaturated/α-hetero) is 1. The first kappa shape index (κ1) is 37.7. The molecule has 6 N–H and O–H groups in total. The number of hydroxylamine groups is 1. The lowest BCUT2D eigenvalue weighted by molar-refractivity contribution is -0.155. The summed E-state index contributed by atoms with van der Waals surface area (Å²) >= 11 is 0. The zero-order valence-electron chi connectivity index (χ0n) is 25.2. The molecule has 0 unspecified atom stereocenters. The minimum atomic E-state index is -0.710. The second-order valence-corrected chi connectivity index (χ2v) is 11.4. The van der Waals surface area contributed by atoms with E-state index in [0.29, 0.717) is 19.6 Å². The van der Waals surface area contributed by atoms with Crippen LogP contribution in [0.5, 0.6) is 0 Å². The van der Waals surface area contributed by atoms with Gasteiger partial charge in [-0.2, -0.15) is 5.48 Å². The van der Waals surface area contributed by atoms with E-state index in [-0.39, 0.29) is 63.9 Å². The van der Waals surface area contributed by atoms with Crippen molar-refractivity contribution in [3.63, 3.8) is 0 Å². The normalized spacial score (nSPS) is 13.3. The molecule has 0 aromatic rings. The Morgan fingerprint density at radius 1 is 0.800 bits per heavy atom. The van der Waals surface area contributed by atoms with Gasteiger partial charge in [-0.05, 0) is 67.3 Å². The molecule has 0 aromatic heterocycles. The van der Waals surface area contributed by atoms with Gasteiger partial charge in [-0.25, -0.2) is 4.79 Å². The zero-order valence-corrected chi connectivity index (χ0v) is 25.2. The first-order chi connectivity index (χ1) is 18.6. The van der Waals surface area contributed by atoms with Crippen LogP contribution < -0.4 is 22.3 Å². The lowest BCUT2D eigenvalue weighted by Gasteiger charge is -2.21. The fourth-order valence-corrected chi connectivity index (χ4v) is 3.30. The Morgan fingerprint density at radius 3 is 2.00 bits per heavy atom. The highest BCUT2D eigenvalue weighted by molar-refractivity contribution is 5.89. The van der Waals surface area contributed by atoms with Crippen LogP contribution in [0, 0.1) is 5.92 Å².